The van der Waals surface area contributed by atoms with E-state index in [9.17, 15) is 9.90 Å². The van der Waals surface area contributed by atoms with Crippen LogP contribution in [0.5, 0.6) is 34.5 Å². The maximum Gasteiger partial charge on any atom is 0.334 e. The first-order chi connectivity index (χ1) is 17.6. The molecule has 3 atom stereocenters. The van der Waals surface area contributed by atoms with Gasteiger partial charge in [0.2, 0.25) is 18.3 Å². The highest BCUT2D eigenvalue weighted by Crippen LogP contribution is 2.59. The Morgan fingerprint density at radius 2 is 1.70 bits per heavy atom. The molecule has 1 aliphatic heterocycles. The molecule has 1 unspecified atom stereocenters. The number of aliphatic hydroxyl groups is 1. The van der Waals surface area contributed by atoms with E-state index >= 15 is 0 Å². The highest BCUT2D eigenvalue weighted by molar-refractivity contribution is 5.90. The van der Waals surface area contributed by atoms with Crippen LogP contribution in [0.3, 0.4) is 0 Å². The highest BCUT2D eigenvalue weighted by Gasteiger charge is 2.47. The third-order valence-corrected chi connectivity index (χ3v) is 7.33. The van der Waals surface area contributed by atoms with Gasteiger partial charge in [0, 0.05) is 22.3 Å². The van der Waals surface area contributed by atoms with Gasteiger partial charge in [-0.25, -0.2) is 4.79 Å². The number of ether oxygens (including phenoxy) is 7. The number of fused-ring (bicyclic) bond motifs is 4. The van der Waals surface area contributed by atoms with E-state index < -0.39 is 17.7 Å². The molecule has 2 aliphatic rings. The van der Waals surface area contributed by atoms with Crippen LogP contribution >= 0.6 is 0 Å². The molecule has 0 aromatic heterocycles. The quantitative estimate of drug-likeness (QED) is 0.437. The first-order valence-corrected chi connectivity index (χ1v) is 12.0. The second-order valence-corrected chi connectivity index (χ2v) is 9.38. The number of rotatable bonds is 6. The minimum atomic E-state index is -1.48. The Balaban J connectivity index is 2.17. The maximum absolute atomic E-state index is 13.0. The fraction of sp³-hybridized carbons (Fsp3) is 0.464. The van der Waals surface area contributed by atoms with Gasteiger partial charge in [0.1, 0.15) is 5.60 Å². The molecule has 0 amide bonds. The lowest BCUT2D eigenvalue weighted by atomic mass is 9.73. The first kappa shape index (κ1) is 26.5. The molecule has 2 aromatic carbocycles. The van der Waals surface area contributed by atoms with Crippen LogP contribution in [0.25, 0.3) is 11.1 Å². The smallest absolute Gasteiger partial charge is 0.334 e. The zero-order valence-electron chi connectivity index (χ0n) is 22.5. The van der Waals surface area contributed by atoms with E-state index in [1.165, 1.54) is 21.3 Å². The summed E-state index contributed by atoms with van der Waals surface area (Å²) in [5.74, 6) is 1.60. The Morgan fingerprint density at radius 1 is 1.03 bits per heavy atom. The predicted octanol–water partition coefficient (Wildman–Crippen LogP) is 4.61. The van der Waals surface area contributed by atoms with Crippen molar-refractivity contribution in [3.63, 3.8) is 0 Å². The molecule has 0 fully saturated rings. The molecule has 0 saturated carbocycles. The number of carbonyl (C=O) groups excluding carboxylic acids is 1. The van der Waals surface area contributed by atoms with Crippen molar-refractivity contribution in [2.75, 3.05) is 35.2 Å². The van der Waals surface area contributed by atoms with Gasteiger partial charge < -0.3 is 38.3 Å². The third-order valence-electron chi connectivity index (χ3n) is 7.33. The largest absolute Gasteiger partial charge is 0.493 e. The topological polar surface area (TPSA) is 102 Å². The summed E-state index contributed by atoms with van der Waals surface area (Å²) in [6.07, 6.45) is 0.998. The van der Waals surface area contributed by atoms with Crippen LogP contribution in [0.2, 0.25) is 0 Å². The molecule has 1 aliphatic carbocycles. The first-order valence-electron chi connectivity index (χ1n) is 12.0. The Labute approximate surface area is 216 Å². The van der Waals surface area contributed by atoms with Gasteiger partial charge in [-0.3, -0.25) is 0 Å². The molecule has 1 N–H and O–H groups in total. The van der Waals surface area contributed by atoms with Crippen molar-refractivity contribution in [1.82, 2.24) is 0 Å². The summed E-state index contributed by atoms with van der Waals surface area (Å²) >= 11 is 0. The summed E-state index contributed by atoms with van der Waals surface area (Å²) in [6, 6.07) is 3.60. The van der Waals surface area contributed by atoms with Crippen molar-refractivity contribution in [3.8, 4) is 45.6 Å². The van der Waals surface area contributed by atoms with Crippen LogP contribution in [0, 0.1) is 5.92 Å². The average molecular weight is 515 g/mol. The van der Waals surface area contributed by atoms with E-state index in [1.54, 1.807) is 40.0 Å². The minimum absolute atomic E-state index is 0.0562. The molecule has 0 bridgehead atoms. The zero-order valence-corrected chi connectivity index (χ0v) is 22.5. The molecule has 0 radical (unpaired) electrons. The lowest BCUT2D eigenvalue weighted by Crippen LogP contribution is -2.44. The molecule has 2 aromatic rings. The number of esters is 1. The fourth-order valence-corrected chi connectivity index (χ4v) is 4.94. The van der Waals surface area contributed by atoms with Crippen molar-refractivity contribution in [2.45, 2.75) is 45.8 Å². The normalized spacial score (nSPS) is 22.2. The van der Waals surface area contributed by atoms with E-state index in [4.69, 9.17) is 33.2 Å². The van der Waals surface area contributed by atoms with Gasteiger partial charge in [-0.1, -0.05) is 13.0 Å². The average Bonchev–Trinajstić information content (AvgIpc) is 3.36. The third kappa shape index (κ3) is 4.21. The SMILES string of the molecule is C/C=C(\C)C(=O)O[C@H]1c2cc(OC)c(OC)c(OC)c2-c2c(cc3c(c2OC)OCO3)CC(C)[C@]1(C)O. The van der Waals surface area contributed by atoms with Gasteiger partial charge in [-0.2, -0.15) is 0 Å². The molecular weight excluding hydrogens is 480 g/mol. The highest BCUT2D eigenvalue weighted by atomic mass is 16.7. The second kappa shape index (κ2) is 10.0. The van der Waals surface area contributed by atoms with Crippen molar-refractivity contribution in [1.29, 1.82) is 0 Å². The van der Waals surface area contributed by atoms with E-state index in [2.05, 4.69) is 0 Å². The van der Waals surface area contributed by atoms with Crippen molar-refractivity contribution in [3.05, 3.63) is 34.9 Å². The van der Waals surface area contributed by atoms with Crippen LogP contribution < -0.4 is 28.4 Å². The number of benzene rings is 2. The Hall–Kier alpha value is -3.59. The Bertz CT molecular complexity index is 1250. The van der Waals surface area contributed by atoms with Gasteiger partial charge in [0.25, 0.3) is 0 Å². The lowest BCUT2D eigenvalue weighted by Gasteiger charge is -2.41. The van der Waals surface area contributed by atoms with Gasteiger partial charge in [-0.15, -0.1) is 0 Å². The van der Waals surface area contributed by atoms with Crippen LogP contribution in [0.1, 0.15) is 44.9 Å². The predicted molar refractivity (Wildman–Crippen MR) is 136 cm³/mol. The van der Waals surface area contributed by atoms with Gasteiger partial charge >= 0.3 is 5.97 Å². The van der Waals surface area contributed by atoms with Crippen LogP contribution in [-0.4, -0.2) is 51.9 Å². The monoisotopic (exact) mass is 514 g/mol. The van der Waals surface area contributed by atoms with E-state index in [1.807, 2.05) is 13.0 Å². The Kier molecular flexibility index (Phi) is 7.19. The summed E-state index contributed by atoms with van der Waals surface area (Å²) in [7, 11) is 6.08. The molecular formula is C28H34O9. The van der Waals surface area contributed by atoms with Crippen LogP contribution in [-0.2, 0) is 16.0 Å². The molecule has 200 valence electrons. The lowest BCUT2D eigenvalue weighted by molar-refractivity contribution is -0.166. The molecule has 1 heterocycles. The van der Waals surface area contributed by atoms with E-state index in [0.29, 0.717) is 63.2 Å². The van der Waals surface area contributed by atoms with Gasteiger partial charge in [0.05, 0.1) is 28.4 Å². The van der Waals surface area contributed by atoms with Gasteiger partial charge in [-0.05, 0) is 50.8 Å². The number of methoxy groups -OCH3 is 4. The molecule has 37 heavy (non-hydrogen) atoms. The Morgan fingerprint density at radius 3 is 2.30 bits per heavy atom. The van der Waals surface area contributed by atoms with Crippen LogP contribution in [0.4, 0.5) is 0 Å². The molecule has 4 rings (SSSR count). The number of allylic oxidation sites excluding steroid dienone is 1. The van der Waals surface area contributed by atoms with Crippen LogP contribution in [0.15, 0.2) is 23.8 Å². The van der Waals surface area contributed by atoms with Crippen molar-refractivity contribution >= 4 is 5.97 Å². The molecule has 0 spiro atoms. The number of carbonyl (C=O) groups is 1. The maximum atomic E-state index is 13.0. The number of hydrogen-bond donors (Lipinski definition) is 1. The standard InChI is InChI=1S/C28H34O9/c1-9-14(2)27(29)37-26-17-12-18(31-5)22(32-6)25(34-8)21(17)20-16(10-15(3)28(26,4)30)11-19-23(24(20)33-7)36-13-35-19/h9,11-12,15,26,30H,10,13H2,1-8H3/b14-9+/t15?,26-,28-/m0/s1. The van der Waals surface area contributed by atoms with Gasteiger partial charge in [0.15, 0.2) is 29.1 Å². The minimum Gasteiger partial charge on any atom is -0.493 e. The van der Waals surface area contributed by atoms with Crippen molar-refractivity contribution in [2.24, 2.45) is 5.92 Å². The summed E-state index contributed by atoms with van der Waals surface area (Å²) in [4.78, 5) is 13.0. The summed E-state index contributed by atoms with van der Waals surface area (Å²) in [5.41, 5.74) is 1.46. The van der Waals surface area contributed by atoms with Crippen molar-refractivity contribution < 1.29 is 43.1 Å². The second-order valence-electron chi connectivity index (χ2n) is 9.38. The summed E-state index contributed by atoms with van der Waals surface area (Å²) in [5, 5.41) is 12.0. The molecule has 9 heteroatoms. The molecule has 0 saturated heterocycles. The summed E-state index contributed by atoms with van der Waals surface area (Å²) < 4.78 is 40.6. The summed E-state index contributed by atoms with van der Waals surface area (Å²) in [6.45, 7) is 7.05. The zero-order chi connectivity index (χ0) is 27.1. The molecule has 9 nitrogen and oxygen atoms in total. The fourth-order valence-electron chi connectivity index (χ4n) is 4.94. The van der Waals surface area contributed by atoms with E-state index in [0.717, 1.165) is 5.56 Å². The van der Waals surface area contributed by atoms with E-state index in [-0.39, 0.29) is 12.7 Å². The number of hydrogen-bond acceptors (Lipinski definition) is 9.